The topological polar surface area (TPSA) is 37.3 Å². The molecule has 0 aromatic carbocycles. The predicted molar refractivity (Wildman–Crippen MR) is 33.4 cm³/mol. The van der Waals surface area contributed by atoms with E-state index in [1.54, 1.807) is 13.8 Å². The van der Waals surface area contributed by atoms with Gasteiger partial charge in [0.2, 0.25) is 0 Å². The number of hydrogen-bond donors (Lipinski definition) is 1. The third kappa shape index (κ3) is 55.3. The van der Waals surface area contributed by atoms with Crippen LogP contribution in [0.2, 0.25) is 0 Å². The summed E-state index contributed by atoms with van der Waals surface area (Å²) in [6.07, 6.45) is 0.556. The van der Waals surface area contributed by atoms with Gasteiger partial charge in [-0.15, -0.1) is 0 Å². The molecule has 0 aliphatic rings. The molecule has 53 valence electrons. The van der Waals surface area contributed by atoms with E-state index in [9.17, 15) is 4.79 Å². The summed E-state index contributed by atoms with van der Waals surface area (Å²) in [7, 11) is 0. The molecule has 2 nitrogen and oxygen atoms in total. The summed E-state index contributed by atoms with van der Waals surface area (Å²) >= 11 is 0. The average molecular weight is 206 g/mol. The number of aliphatic hydroxyl groups excluding tert-OH is 1. The van der Waals surface area contributed by atoms with Crippen molar-refractivity contribution in [3.8, 4) is 0 Å². The first-order valence-corrected chi connectivity index (χ1v) is 2.64. The van der Waals surface area contributed by atoms with Crippen molar-refractivity contribution in [3.63, 3.8) is 0 Å². The molecule has 0 amide bonds. The van der Waals surface area contributed by atoms with Gasteiger partial charge in [0.1, 0.15) is 0 Å². The van der Waals surface area contributed by atoms with Crippen LogP contribution < -0.4 is 0 Å². The van der Waals surface area contributed by atoms with E-state index in [1.807, 2.05) is 0 Å². The van der Waals surface area contributed by atoms with E-state index >= 15 is 0 Å². The molecule has 0 fully saturated rings. The van der Waals surface area contributed by atoms with Gasteiger partial charge in [0, 0.05) is 39.3 Å². The van der Waals surface area contributed by atoms with Gasteiger partial charge in [0.15, 0.2) is 0 Å². The second-order valence-electron chi connectivity index (χ2n) is 1.21. The maximum Gasteiger partial charge on any atom is 0.0402 e. The van der Waals surface area contributed by atoms with Crippen LogP contribution in [-0.2, 0) is 37.5 Å². The monoisotopic (exact) mass is 206 g/mol. The molecule has 0 bridgehead atoms. The molecule has 1 radical (unpaired) electrons. The van der Waals surface area contributed by atoms with Crippen molar-refractivity contribution in [1.82, 2.24) is 0 Å². The third-order valence-corrected chi connectivity index (χ3v) is 0.394. The summed E-state index contributed by atoms with van der Waals surface area (Å²) < 4.78 is 0. The quantitative estimate of drug-likeness (QED) is 0.644. The number of hydrogen-bond acceptors (Lipinski definition) is 2. The summed E-state index contributed by atoms with van der Waals surface area (Å²) in [5.41, 5.74) is 0. The number of ketones is 1. The van der Waals surface area contributed by atoms with Gasteiger partial charge in [-0.3, -0.25) is 0 Å². The van der Waals surface area contributed by atoms with Gasteiger partial charge in [-0.05, 0) is 19.1 Å². The molecule has 9 heavy (non-hydrogen) atoms. The number of rotatable bonds is 1. The van der Waals surface area contributed by atoms with Crippen LogP contribution in [0, 0.1) is 6.92 Å². The van der Waals surface area contributed by atoms with Crippen molar-refractivity contribution in [2.45, 2.75) is 20.3 Å². The third-order valence-electron chi connectivity index (χ3n) is 0.394. The molecule has 0 rings (SSSR count). The Kier molecular flexibility index (Phi) is 28.7. The van der Waals surface area contributed by atoms with E-state index in [2.05, 4.69) is 6.92 Å². The maximum absolute atomic E-state index is 9.70. The van der Waals surface area contributed by atoms with Gasteiger partial charge >= 0.3 is 0 Å². The fourth-order valence-corrected chi connectivity index (χ4v) is 0. The van der Waals surface area contributed by atoms with Crippen LogP contribution in [0.5, 0.6) is 0 Å². The number of Topliss-reactive ketones (excluding diaryl/α,β-unsaturated/α-hetero) is 1. The smallest absolute Gasteiger partial charge is 0.0402 e. The first-order chi connectivity index (χ1) is 3.68. The van der Waals surface area contributed by atoms with Crippen LogP contribution in [0.3, 0.4) is 0 Å². The zero-order valence-electron chi connectivity index (χ0n) is 6.05. The standard InChI is InChI=1S/C4H7O.C2H6O.Y/c1-3-4(2)5;1-2-3;/h2-3H2,1H3;3H,2H2,1H3;/q-1;;. The molecule has 0 saturated carbocycles. The Hall–Kier alpha value is 0.604. The molecule has 0 aromatic heterocycles. The summed E-state index contributed by atoms with van der Waals surface area (Å²) in [6.45, 7) is 6.84. The van der Waals surface area contributed by atoms with Gasteiger partial charge < -0.3 is 16.8 Å². The Morgan fingerprint density at radius 2 is 1.67 bits per heavy atom. The molecule has 3 heteroatoms. The van der Waals surface area contributed by atoms with Crippen LogP contribution in [0.25, 0.3) is 0 Å². The summed E-state index contributed by atoms with van der Waals surface area (Å²) in [6, 6.07) is 0. The van der Waals surface area contributed by atoms with Crippen molar-refractivity contribution in [3.05, 3.63) is 6.92 Å². The van der Waals surface area contributed by atoms with Gasteiger partial charge in [0.05, 0.1) is 0 Å². The molecule has 0 unspecified atom stereocenters. The maximum atomic E-state index is 9.70. The molecule has 1 N–H and O–H groups in total. The normalized spacial score (nSPS) is 6.11. The predicted octanol–water partition coefficient (Wildman–Crippen LogP) is 0.796. The van der Waals surface area contributed by atoms with E-state index in [0.29, 0.717) is 6.42 Å². The molecule has 0 spiro atoms. The largest absolute Gasteiger partial charge is 0.397 e. The SMILES string of the molecule is CCO.[CH2-]C(=O)CC.[Y]. The second-order valence-corrected chi connectivity index (χ2v) is 1.21. The van der Waals surface area contributed by atoms with E-state index in [1.165, 1.54) is 0 Å². The van der Waals surface area contributed by atoms with Gasteiger partial charge in [-0.2, -0.15) is 0 Å². The number of carbonyl (C=O) groups is 1. The minimum atomic E-state index is 0. The number of carbonyl (C=O) groups excluding carboxylic acids is 1. The van der Waals surface area contributed by atoms with E-state index in [-0.39, 0.29) is 45.1 Å². The molecule has 0 aliphatic heterocycles. The molecule has 0 aliphatic carbocycles. The Labute approximate surface area is 81.9 Å². The molecule has 0 heterocycles. The van der Waals surface area contributed by atoms with Crippen molar-refractivity contribution >= 4 is 5.78 Å². The van der Waals surface area contributed by atoms with E-state index in [4.69, 9.17) is 5.11 Å². The molecular formula is C6H13O2Y-. The van der Waals surface area contributed by atoms with Crippen molar-refractivity contribution in [2.24, 2.45) is 0 Å². The van der Waals surface area contributed by atoms with Crippen LogP contribution >= 0.6 is 0 Å². The average Bonchev–Trinajstić information content (AvgIpc) is 1.69. The fourth-order valence-electron chi connectivity index (χ4n) is 0. The summed E-state index contributed by atoms with van der Waals surface area (Å²) in [4.78, 5) is 9.70. The fraction of sp³-hybridized carbons (Fsp3) is 0.667. The molecular weight excluding hydrogens is 193 g/mol. The van der Waals surface area contributed by atoms with E-state index in [0.717, 1.165) is 0 Å². The van der Waals surface area contributed by atoms with Crippen LogP contribution in [0.15, 0.2) is 0 Å². The van der Waals surface area contributed by atoms with Gasteiger partial charge in [0.25, 0.3) is 0 Å². The second kappa shape index (κ2) is 15.8. The summed E-state index contributed by atoms with van der Waals surface area (Å²) in [5, 5.41) is 7.57. The van der Waals surface area contributed by atoms with Crippen LogP contribution in [0.4, 0.5) is 0 Å². The van der Waals surface area contributed by atoms with E-state index < -0.39 is 0 Å². The Morgan fingerprint density at radius 1 is 1.56 bits per heavy atom. The Morgan fingerprint density at radius 3 is 1.67 bits per heavy atom. The van der Waals surface area contributed by atoms with Crippen molar-refractivity contribution < 1.29 is 42.6 Å². The molecule has 0 aromatic rings. The molecule has 0 saturated heterocycles. The summed E-state index contributed by atoms with van der Waals surface area (Å²) in [5.74, 6) is 0.00463. The Bertz CT molecular complexity index is 55.0. The van der Waals surface area contributed by atoms with Crippen molar-refractivity contribution in [1.29, 1.82) is 0 Å². The first kappa shape index (κ1) is 16.3. The van der Waals surface area contributed by atoms with Crippen molar-refractivity contribution in [2.75, 3.05) is 6.61 Å². The van der Waals surface area contributed by atoms with Crippen LogP contribution in [0.1, 0.15) is 20.3 Å². The first-order valence-electron chi connectivity index (χ1n) is 2.64. The van der Waals surface area contributed by atoms with Crippen LogP contribution in [-0.4, -0.2) is 17.5 Å². The van der Waals surface area contributed by atoms with Gasteiger partial charge in [-0.1, -0.05) is 6.92 Å². The zero-order valence-corrected chi connectivity index (χ0v) is 8.89. The molecule has 0 atom stereocenters. The Balaban J connectivity index is -0.0000000800. The zero-order chi connectivity index (χ0) is 6.99. The minimum Gasteiger partial charge on any atom is -0.397 e. The minimum absolute atomic E-state index is 0. The number of aliphatic hydroxyl groups is 1. The van der Waals surface area contributed by atoms with Gasteiger partial charge in [-0.25, -0.2) is 0 Å².